The maximum Gasteiger partial charge on any atom is 0.187 e. The average molecular weight is 342 g/mol. The molecule has 1 rings (SSSR count). The van der Waals surface area contributed by atoms with Crippen LogP contribution in [0.1, 0.15) is 0 Å². The van der Waals surface area contributed by atoms with Crippen LogP contribution < -0.4 is 0 Å². The molecule has 1 heterocycles. The summed E-state index contributed by atoms with van der Waals surface area (Å²) in [4.78, 5) is 10.5. The number of ether oxygens (including phenoxy) is 2. The number of hydrogen-bond donors (Lipinski definition) is 8. The van der Waals surface area contributed by atoms with E-state index in [4.69, 9.17) is 19.7 Å². The lowest BCUT2D eigenvalue weighted by atomic mass is 9.98. The van der Waals surface area contributed by atoms with Gasteiger partial charge in [-0.3, -0.25) is 0 Å². The highest BCUT2D eigenvalue weighted by Crippen LogP contribution is 2.24. The summed E-state index contributed by atoms with van der Waals surface area (Å²) in [5.74, 6) is 0. The van der Waals surface area contributed by atoms with E-state index in [-0.39, 0.29) is 6.29 Å². The molecule has 0 aromatic rings. The van der Waals surface area contributed by atoms with Gasteiger partial charge in [-0.05, 0) is 0 Å². The summed E-state index contributed by atoms with van der Waals surface area (Å²) in [5, 5.41) is 75.7. The van der Waals surface area contributed by atoms with E-state index in [0.29, 0.717) is 0 Å². The van der Waals surface area contributed by atoms with Gasteiger partial charge in [0.15, 0.2) is 12.6 Å². The second-order valence-electron chi connectivity index (χ2n) is 5.17. The number of aliphatic hydroxyl groups excluding tert-OH is 8. The molecule has 0 amide bonds. The Labute approximate surface area is 130 Å². The minimum absolute atomic E-state index is 0.0294. The first-order valence-corrected chi connectivity index (χ1v) is 6.84. The summed E-state index contributed by atoms with van der Waals surface area (Å²) in [6.45, 7) is -1.64. The predicted octanol–water partition coefficient (Wildman–Crippen LogP) is -5.55. The molecule has 23 heavy (non-hydrogen) atoms. The predicted molar refractivity (Wildman–Crippen MR) is 69.8 cm³/mol. The Morgan fingerprint density at radius 2 is 1.65 bits per heavy atom. The first kappa shape index (κ1) is 20.3. The van der Waals surface area contributed by atoms with Gasteiger partial charge in [0.2, 0.25) is 0 Å². The van der Waals surface area contributed by atoms with E-state index in [0.717, 1.165) is 0 Å². The molecule has 1 aliphatic heterocycles. The molecule has 1 saturated heterocycles. The molecule has 0 aliphatic carbocycles. The highest BCUT2D eigenvalue weighted by atomic mass is 16.7. The fraction of sp³-hybridized carbons (Fsp3) is 0.917. The van der Waals surface area contributed by atoms with E-state index in [1.54, 1.807) is 0 Å². The Morgan fingerprint density at radius 1 is 1.04 bits per heavy atom. The first-order valence-electron chi connectivity index (χ1n) is 6.84. The van der Waals surface area contributed by atoms with E-state index in [9.17, 15) is 35.4 Å². The standard InChI is InChI=1S/C12H22O11/c13-1-4(16)7(18)11(5(17)2-14)23-12-10(21)9(20)8(19)6(3-15)22-12/h1,4-12,14-21H,2-3H2/t4-,5+,6+,7+,8-,9-,10+,11+,12+/m0/s1. The van der Waals surface area contributed by atoms with Crippen molar-refractivity contribution in [3.05, 3.63) is 0 Å². The van der Waals surface area contributed by atoms with Crippen LogP contribution in [0, 0.1) is 0 Å². The van der Waals surface area contributed by atoms with Gasteiger partial charge in [-0.25, -0.2) is 0 Å². The van der Waals surface area contributed by atoms with Crippen molar-refractivity contribution in [2.75, 3.05) is 13.2 Å². The van der Waals surface area contributed by atoms with Crippen LogP contribution in [0.4, 0.5) is 0 Å². The highest BCUT2D eigenvalue weighted by molar-refractivity contribution is 5.56. The monoisotopic (exact) mass is 342 g/mol. The summed E-state index contributed by atoms with van der Waals surface area (Å²) in [6.07, 6.45) is -15.7. The van der Waals surface area contributed by atoms with Crippen LogP contribution in [0.5, 0.6) is 0 Å². The van der Waals surface area contributed by atoms with Gasteiger partial charge in [0.1, 0.15) is 48.8 Å². The molecule has 0 unspecified atom stereocenters. The molecule has 0 aromatic carbocycles. The molecule has 1 fully saturated rings. The van der Waals surface area contributed by atoms with Gasteiger partial charge >= 0.3 is 0 Å². The van der Waals surface area contributed by atoms with Gasteiger partial charge < -0.3 is 55.1 Å². The first-order chi connectivity index (χ1) is 10.8. The summed E-state index contributed by atoms with van der Waals surface area (Å²) in [7, 11) is 0. The molecule has 9 atom stereocenters. The maximum atomic E-state index is 10.5. The van der Waals surface area contributed by atoms with Crippen molar-refractivity contribution < 1.29 is 55.1 Å². The SMILES string of the molecule is O=C[C@H](O)[C@@H](O)[C@H](O[C@H]1O[C@H](CO)[C@H](O)[C@H](O)[C@H]1O)[C@H](O)CO. The fourth-order valence-electron chi connectivity index (χ4n) is 2.11. The Kier molecular flexibility index (Phi) is 7.89. The second kappa shape index (κ2) is 8.94. The van der Waals surface area contributed by atoms with Crippen molar-refractivity contribution in [2.24, 2.45) is 0 Å². The molecular weight excluding hydrogens is 320 g/mol. The lowest BCUT2D eigenvalue weighted by Crippen LogP contribution is -2.61. The average Bonchev–Trinajstić information content (AvgIpc) is 2.57. The molecule has 0 radical (unpaired) electrons. The van der Waals surface area contributed by atoms with E-state index in [1.807, 2.05) is 0 Å². The molecule has 0 aromatic heterocycles. The van der Waals surface area contributed by atoms with E-state index in [1.165, 1.54) is 0 Å². The topological polar surface area (TPSA) is 197 Å². The summed E-state index contributed by atoms with van der Waals surface area (Å²) < 4.78 is 10.1. The molecule has 0 spiro atoms. The third-order valence-electron chi connectivity index (χ3n) is 3.53. The quantitative estimate of drug-likeness (QED) is 0.196. The van der Waals surface area contributed by atoms with Gasteiger partial charge in [0.25, 0.3) is 0 Å². The zero-order valence-electron chi connectivity index (χ0n) is 12.0. The van der Waals surface area contributed by atoms with Gasteiger partial charge in [-0.15, -0.1) is 0 Å². The zero-order valence-corrected chi connectivity index (χ0v) is 12.0. The second-order valence-corrected chi connectivity index (χ2v) is 5.17. The van der Waals surface area contributed by atoms with Crippen LogP contribution in [0.3, 0.4) is 0 Å². The minimum Gasteiger partial charge on any atom is -0.394 e. The molecule has 0 bridgehead atoms. The molecule has 8 N–H and O–H groups in total. The normalized spacial score (nSPS) is 37.0. The van der Waals surface area contributed by atoms with Crippen LogP contribution in [-0.2, 0) is 14.3 Å². The van der Waals surface area contributed by atoms with Crippen molar-refractivity contribution in [3.8, 4) is 0 Å². The number of carbonyl (C=O) groups excluding carboxylic acids is 1. The molecular formula is C12H22O11. The number of aldehydes is 1. The van der Waals surface area contributed by atoms with Crippen LogP contribution >= 0.6 is 0 Å². The molecule has 1 aliphatic rings. The summed E-state index contributed by atoms with van der Waals surface area (Å²) >= 11 is 0. The van der Waals surface area contributed by atoms with Crippen molar-refractivity contribution in [1.82, 2.24) is 0 Å². The van der Waals surface area contributed by atoms with Crippen molar-refractivity contribution in [1.29, 1.82) is 0 Å². The number of aliphatic hydroxyl groups is 8. The zero-order chi connectivity index (χ0) is 17.7. The van der Waals surface area contributed by atoms with Gasteiger partial charge in [-0.2, -0.15) is 0 Å². The van der Waals surface area contributed by atoms with Crippen LogP contribution in [-0.4, -0.2) is 115 Å². The Balaban J connectivity index is 2.91. The van der Waals surface area contributed by atoms with Crippen LogP contribution in [0.15, 0.2) is 0 Å². The maximum absolute atomic E-state index is 10.5. The largest absolute Gasteiger partial charge is 0.394 e. The van der Waals surface area contributed by atoms with E-state index in [2.05, 4.69) is 0 Å². The van der Waals surface area contributed by atoms with E-state index < -0.39 is 68.3 Å². The molecule has 0 saturated carbocycles. The Hall–Kier alpha value is -0.730. The number of rotatable bonds is 8. The third kappa shape index (κ3) is 4.64. The molecule has 11 heteroatoms. The highest BCUT2D eigenvalue weighted by Gasteiger charge is 2.46. The van der Waals surface area contributed by atoms with Gasteiger partial charge in [-0.1, -0.05) is 0 Å². The minimum atomic E-state index is -1.97. The summed E-state index contributed by atoms with van der Waals surface area (Å²) in [5.41, 5.74) is 0. The van der Waals surface area contributed by atoms with E-state index >= 15 is 0 Å². The van der Waals surface area contributed by atoms with Crippen molar-refractivity contribution in [3.63, 3.8) is 0 Å². The molecule has 11 nitrogen and oxygen atoms in total. The van der Waals surface area contributed by atoms with Crippen LogP contribution in [0.2, 0.25) is 0 Å². The third-order valence-corrected chi connectivity index (χ3v) is 3.53. The fourth-order valence-corrected chi connectivity index (χ4v) is 2.11. The Bertz CT molecular complexity index is 365. The molecule has 136 valence electrons. The van der Waals surface area contributed by atoms with Crippen molar-refractivity contribution in [2.45, 2.75) is 55.1 Å². The lowest BCUT2D eigenvalue weighted by molar-refractivity contribution is -0.326. The van der Waals surface area contributed by atoms with Crippen molar-refractivity contribution >= 4 is 6.29 Å². The summed E-state index contributed by atoms with van der Waals surface area (Å²) in [6, 6.07) is 0. The van der Waals surface area contributed by atoms with Gasteiger partial charge in [0, 0.05) is 0 Å². The Morgan fingerprint density at radius 3 is 2.13 bits per heavy atom. The number of carbonyl (C=O) groups is 1. The van der Waals surface area contributed by atoms with Gasteiger partial charge in [0.05, 0.1) is 13.2 Å². The van der Waals surface area contributed by atoms with Crippen LogP contribution in [0.25, 0.3) is 0 Å². The number of hydrogen-bond acceptors (Lipinski definition) is 11. The lowest BCUT2D eigenvalue weighted by Gasteiger charge is -2.42. The smallest absolute Gasteiger partial charge is 0.187 e.